The van der Waals surface area contributed by atoms with Gasteiger partial charge in [-0.1, -0.05) is 19.0 Å². The van der Waals surface area contributed by atoms with E-state index in [0.717, 1.165) is 31.8 Å². The van der Waals surface area contributed by atoms with Crippen LogP contribution in [0, 0.1) is 0 Å². The van der Waals surface area contributed by atoms with E-state index in [9.17, 15) is 0 Å². The van der Waals surface area contributed by atoms with Crippen LogP contribution in [-0.2, 0) is 6.54 Å². The van der Waals surface area contributed by atoms with Crippen LogP contribution in [0.2, 0.25) is 0 Å². The van der Waals surface area contributed by atoms with Gasteiger partial charge in [-0.15, -0.1) is 10.2 Å². The van der Waals surface area contributed by atoms with Gasteiger partial charge in [-0.05, 0) is 12.8 Å². The monoisotopic (exact) mass is 250 g/mol. The molecule has 98 valence electrons. The second kappa shape index (κ2) is 6.13. The zero-order chi connectivity index (χ0) is 12.8. The van der Waals surface area contributed by atoms with Crippen LogP contribution in [0.4, 0.5) is 6.01 Å². The normalized spacial score (nSPS) is 11.1. The van der Waals surface area contributed by atoms with Crippen LogP contribution in [0.3, 0.4) is 0 Å². The third kappa shape index (κ3) is 3.54. The van der Waals surface area contributed by atoms with E-state index in [1.54, 1.807) is 12.7 Å². The lowest BCUT2D eigenvalue weighted by Crippen LogP contribution is -2.04. The molecule has 0 aromatic carbocycles. The van der Waals surface area contributed by atoms with Crippen molar-refractivity contribution >= 4 is 6.01 Å². The highest BCUT2D eigenvalue weighted by atomic mass is 16.5. The van der Waals surface area contributed by atoms with Gasteiger partial charge in [0.05, 0.1) is 0 Å². The van der Waals surface area contributed by atoms with E-state index in [0.29, 0.717) is 6.01 Å². The first-order valence-corrected chi connectivity index (χ1v) is 6.15. The van der Waals surface area contributed by atoms with Crippen LogP contribution in [0.15, 0.2) is 17.2 Å². The lowest BCUT2D eigenvalue weighted by atomic mass is 10.2. The molecule has 0 radical (unpaired) electrons. The summed E-state index contributed by atoms with van der Waals surface area (Å²) >= 11 is 0. The second-order valence-electron chi connectivity index (χ2n) is 4.45. The smallest absolute Gasteiger partial charge is 0.321 e. The number of unbranched alkanes of at least 4 members (excludes halogenated alkanes) is 1. The first-order valence-electron chi connectivity index (χ1n) is 6.15. The predicted molar refractivity (Wildman–Crippen MR) is 66.1 cm³/mol. The number of rotatable bonds is 7. The number of hydrogen-bond acceptors (Lipinski definition) is 6. The molecular weight excluding hydrogens is 232 g/mol. The predicted octanol–water partition coefficient (Wildman–Crippen LogP) is 1.68. The molecule has 18 heavy (non-hydrogen) atoms. The Balaban J connectivity index is 1.62. The van der Waals surface area contributed by atoms with Gasteiger partial charge in [0.25, 0.3) is 0 Å². The molecule has 1 N–H and O–H groups in total. The van der Waals surface area contributed by atoms with E-state index in [-0.39, 0.29) is 5.92 Å². The lowest BCUT2D eigenvalue weighted by Gasteiger charge is -2.01. The van der Waals surface area contributed by atoms with Gasteiger partial charge in [-0.3, -0.25) is 0 Å². The van der Waals surface area contributed by atoms with E-state index in [2.05, 4.69) is 25.7 Å². The first kappa shape index (κ1) is 12.5. The molecule has 0 aliphatic heterocycles. The quantitative estimate of drug-likeness (QED) is 0.753. The highest BCUT2D eigenvalue weighted by Crippen LogP contribution is 2.12. The number of hydrogen-bond donors (Lipinski definition) is 1. The summed E-state index contributed by atoms with van der Waals surface area (Å²) in [7, 11) is 0. The minimum atomic E-state index is 0.290. The maximum Gasteiger partial charge on any atom is 0.321 e. The summed E-state index contributed by atoms with van der Waals surface area (Å²) in [6.45, 7) is 5.82. The molecule has 2 aromatic heterocycles. The number of nitrogens with zero attached hydrogens (tertiary/aromatic N) is 5. The van der Waals surface area contributed by atoms with Gasteiger partial charge in [-0.2, -0.15) is 4.98 Å². The average Bonchev–Trinajstić information content (AvgIpc) is 2.98. The summed E-state index contributed by atoms with van der Waals surface area (Å²) in [5.41, 5.74) is 0. The van der Waals surface area contributed by atoms with Crippen molar-refractivity contribution in [2.45, 2.75) is 39.2 Å². The van der Waals surface area contributed by atoms with Crippen LogP contribution in [0.1, 0.15) is 38.4 Å². The van der Waals surface area contributed by atoms with E-state index in [1.807, 2.05) is 18.4 Å². The number of aryl methyl sites for hydroxylation is 1. The number of nitrogens with one attached hydrogen (secondary N) is 1. The molecule has 0 saturated carbocycles. The van der Waals surface area contributed by atoms with Gasteiger partial charge in [-0.25, -0.2) is 0 Å². The van der Waals surface area contributed by atoms with Crippen molar-refractivity contribution in [3.63, 3.8) is 0 Å². The minimum Gasteiger partial charge on any atom is -0.338 e. The van der Waals surface area contributed by atoms with Crippen molar-refractivity contribution in [3.8, 4) is 0 Å². The highest BCUT2D eigenvalue weighted by Gasteiger charge is 2.08. The zero-order valence-corrected chi connectivity index (χ0v) is 10.7. The number of anilines is 1. The fourth-order valence-electron chi connectivity index (χ4n) is 1.49. The third-order valence-electron chi connectivity index (χ3n) is 2.54. The summed E-state index contributed by atoms with van der Waals surface area (Å²) in [5, 5.41) is 14.5. The maximum absolute atomic E-state index is 5.08. The van der Waals surface area contributed by atoms with Crippen molar-refractivity contribution in [2.24, 2.45) is 0 Å². The van der Waals surface area contributed by atoms with Crippen molar-refractivity contribution in [3.05, 3.63) is 18.5 Å². The highest BCUT2D eigenvalue weighted by molar-refractivity contribution is 5.18. The molecule has 2 rings (SSSR count). The van der Waals surface area contributed by atoms with Gasteiger partial charge < -0.3 is 14.4 Å². The molecule has 0 fully saturated rings. The van der Waals surface area contributed by atoms with Gasteiger partial charge in [0, 0.05) is 19.0 Å². The fourth-order valence-corrected chi connectivity index (χ4v) is 1.49. The molecule has 0 aliphatic rings. The molecular formula is C11H18N6O. The largest absolute Gasteiger partial charge is 0.338 e. The van der Waals surface area contributed by atoms with Gasteiger partial charge >= 0.3 is 6.01 Å². The topological polar surface area (TPSA) is 81.7 Å². The summed E-state index contributed by atoms with van der Waals surface area (Å²) in [4.78, 5) is 4.24. The van der Waals surface area contributed by atoms with Crippen molar-refractivity contribution < 1.29 is 4.52 Å². The summed E-state index contributed by atoms with van der Waals surface area (Å²) in [6, 6.07) is 0.503. The van der Waals surface area contributed by atoms with Crippen LogP contribution in [0.25, 0.3) is 0 Å². The molecule has 2 heterocycles. The molecule has 0 saturated heterocycles. The molecule has 2 aromatic rings. The Bertz CT molecular complexity index is 450. The molecule has 7 heteroatoms. The van der Waals surface area contributed by atoms with E-state index in [4.69, 9.17) is 4.52 Å². The Morgan fingerprint density at radius 1 is 1.28 bits per heavy atom. The molecule has 0 aliphatic carbocycles. The molecule has 0 spiro atoms. The summed E-state index contributed by atoms with van der Waals surface area (Å²) in [5.74, 6) is 1.03. The van der Waals surface area contributed by atoms with Crippen molar-refractivity contribution in [1.29, 1.82) is 0 Å². The standard InChI is InChI=1S/C11H18N6O/c1-9(2)10-15-11(18-16-10)12-5-3-4-6-17-7-13-14-8-17/h7-9H,3-6H2,1-2H3,(H,12,15,16). The number of aromatic nitrogens is 5. The fraction of sp³-hybridized carbons (Fsp3) is 0.636. The molecule has 0 unspecified atom stereocenters. The summed E-state index contributed by atoms with van der Waals surface area (Å²) in [6.07, 6.45) is 5.52. The van der Waals surface area contributed by atoms with Crippen molar-refractivity contribution in [2.75, 3.05) is 11.9 Å². The Morgan fingerprint density at radius 2 is 2.06 bits per heavy atom. The zero-order valence-electron chi connectivity index (χ0n) is 10.7. The van der Waals surface area contributed by atoms with Crippen LogP contribution in [-0.4, -0.2) is 31.4 Å². The van der Waals surface area contributed by atoms with E-state index >= 15 is 0 Å². The SMILES string of the molecule is CC(C)c1noc(NCCCCn2cnnc2)n1. The average molecular weight is 250 g/mol. The van der Waals surface area contributed by atoms with Crippen LogP contribution in [0.5, 0.6) is 0 Å². The van der Waals surface area contributed by atoms with E-state index in [1.165, 1.54) is 0 Å². The Labute approximate surface area is 106 Å². The first-order chi connectivity index (χ1) is 8.75. The van der Waals surface area contributed by atoms with Gasteiger partial charge in [0.2, 0.25) is 0 Å². The molecule has 0 bridgehead atoms. The summed E-state index contributed by atoms with van der Waals surface area (Å²) < 4.78 is 7.04. The van der Waals surface area contributed by atoms with Crippen molar-refractivity contribution in [1.82, 2.24) is 24.9 Å². The maximum atomic E-state index is 5.08. The van der Waals surface area contributed by atoms with Crippen LogP contribution < -0.4 is 5.32 Å². The van der Waals surface area contributed by atoms with Crippen LogP contribution >= 0.6 is 0 Å². The molecule has 0 atom stereocenters. The Kier molecular flexibility index (Phi) is 4.27. The molecule has 7 nitrogen and oxygen atoms in total. The Morgan fingerprint density at radius 3 is 2.72 bits per heavy atom. The van der Waals surface area contributed by atoms with Gasteiger partial charge in [0.15, 0.2) is 5.82 Å². The molecule has 0 amide bonds. The van der Waals surface area contributed by atoms with Gasteiger partial charge in [0.1, 0.15) is 12.7 Å². The minimum absolute atomic E-state index is 0.290. The third-order valence-corrected chi connectivity index (χ3v) is 2.54. The second-order valence-corrected chi connectivity index (χ2v) is 4.45. The van der Waals surface area contributed by atoms with E-state index < -0.39 is 0 Å². The lowest BCUT2D eigenvalue weighted by molar-refractivity contribution is 0.418. The Hall–Kier alpha value is -1.92.